The SMILES string of the molecule is CC(C)(C)OC(=O)N1CCC(N)(C(N)O)CC1. The number of carbonyl (C=O) groups excluding carboxylic acids is 1. The normalized spacial score (nSPS) is 22.1. The van der Waals surface area contributed by atoms with Gasteiger partial charge in [0.05, 0.1) is 5.54 Å². The molecule has 100 valence electrons. The van der Waals surface area contributed by atoms with Crippen molar-refractivity contribution in [1.29, 1.82) is 0 Å². The van der Waals surface area contributed by atoms with E-state index >= 15 is 0 Å². The number of likely N-dealkylation sites (tertiary alicyclic amines) is 1. The van der Waals surface area contributed by atoms with Crippen LogP contribution in [0.5, 0.6) is 0 Å². The highest BCUT2D eigenvalue weighted by Crippen LogP contribution is 2.22. The van der Waals surface area contributed by atoms with Crippen LogP contribution in [0.4, 0.5) is 4.79 Å². The smallest absolute Gasteiger partial charge is 0.410 e. The lowest BCUT2D eigenvalue weighted by Crippen LogP contribution is -2.61. The van der Waals surface area contributed by atoms with Gasteiger partial charge in [-0.05, 0) is 33.6 Å². The molecule has 1 amide bonds. The van der Waals surface area contributed by atoms with Crippen molar-refractivity contribution in [3.8, 4) is 0 Å². The number of carbonyl (C=O) groups is 1. The van der Waals surface area contributed by atoms with Gasteiger partial charge < -0.3 is 26.2 Å². The van der Waals surface area contributed by atoms with Crippen molar-refractivity contribution in [1.82, 2.24) is 4.90 Å². The Hall–Kier alpha value is -0.850. The zero-order valence-corrected chi connectivity index (χ0v) is 10.8. The summed E-state index contributed by atoms with van der Waals surface area (Å²) in [4.78, 5) is 13.4. The monoisotopic (exact) mass is 245 g/mol. The standard InChI is InChI=1S/C11H23N3O3/c1-10(2,3)17-9(16)14-6-4-11(13,5-7-14)8(12)15/h8,15H,4-7,12-13H2,1-3H3. The fourth-order valence-electron chi connectivity index (χ4n) is 1.73. The van der Waals surface area contributed by atoms with Crippen molar-refractivity contribution < 1.29 is 14.6 Å². The van der Waals surface area contributed by atoms with Crippen molar-refractivity contribution >= 4 is 6.09 Å². The van der Waals surface area contributed by atoms with Crippen LogP contribution < -0.4 is 11.5 Å². The van der Waals surface area contributed by atoms with Crippen molar-refractivity contribution in [2.45, 2.75) is 51.0 Å². The molecule has 0 aromatic rings. The molecule has 0 aromatic carbocycles. The van der Waals surface area contributed by atoms with E-state index in [0.717, 1.165) is 0 Å². The van der Waals surface area contributed by atoms with Gasteiger partial charge in [-0.1, -0.05) is 0 Å². The number of hydrogen-bond donors (Lipinski definition) is 3. The lowest BCUT2D eigenvalue weighted by molar-refractivity contribution is 0.00211. The molecule has 1 rings (SSSR count). The van der Waals surface area contributed by atoms with Gasteiger partial charge in [-0.15, -0.1) is 0 Å². The number of hydrogen-bond acceptors (Lipinski definition) is 5. The van der Waals surface area contributed by atoms with E-state index < -0.39 is 17.4 Å². The van der Waals surface area contributed by atoms with Crippen LogP contribution in [0.1, 0.15) is 33.6 Å². The van der Waals surface area contributed by atoms with Crippen molar-refractivity contribution in [2.75, 3.05) is 13.1 Å². The predicted octanol–water partition coefficient (Wildman–Crippen LogP) is -0.00810. The summed E-state index contributed by atoms with van der Waals surface area (Å²) in [6.07, 6.45) is -0.442. The summed E-state index contributed by atoms with van der Waals surface area (Å²) in [6.45, 7) is 6.39. The van der Waals surface area contributed by atoms with Gasteiger partial charge in [0.15, 0.2) is 0 Å². The first kappa shape index (κ1) is 14.2. The first-order chi connectivity index (χ1) is 7.64. The fraction of sp³-hybridized carbons (Fsp3) is 0.909. The molecule has 1 unspecified atom stereocenters. The molecule has 0 aromatic heterocycles. The maximum absolute atomic E-state index is 11.8. The fourth-order valence-corrected chi connectivity index (χ4v) is 1.73. The second kappa shape index (κ2) is 4.80. The van der Waals surface area contributed by atoms with Crippen LogP contribution in [-0.2, 0) is 4.74 Å². The number of amides is 1. The van der Waals surface area contributed by atoms with Gasteiger partial charge in [0.2, 0.25) is 0 Å². The zero-order chi connectivity index (χ0) is 13.3. The Morgan fingerprint density at radius 1 is 1.41 bits per heavy atom. The van der Waals surface area contributed by atoms with Gasteiger partial charge in [-0.25, -0.2) is 4.79 Å². The molecule has 1 atom stereocenters. The summed E-state index contributed by atoms with van der Waals surface area (Å²) < 4.78 is 5.26. The first-order valence-corrected chi connectivity index (χ1v) is 5.84. The maximum atomic E-state index is 11.8. The van der Waals surface area contributed by atoms with Gasteiger partial charge >= 0.3 is 6.09 Å². The molecular weight excluding hydrogens is 222 g/mol. The molecule has 1 fully saturated rings. The molecule has 0 aliphatic carbocycles. The van der Waals surface area contributed by atoms with E-state index in [4.69, 9.17) is 16.2 Å². The Balaban J connectivity index is 2.50. The van der Waals surface area contributed by atoms with E-state index in [9.17, 15) is 9.90 Å². The third-order valence-corrected chi connectivity index (χ3v) is 2.94. The van der Waals surface area contributed by atoms with Crippen LogP contribution in [0.15, 0.2) is 0 Å². The van der Waals surface area contributed by atoms with E-state index in [0.29, 0.717) is 25.9 Å². The Labute approximate surface area is 102 Å². The zero-order valence-electron chi connectivity index (χ0n) is 10.8. The minimum Gasteiger partial charge on any atom is -0.444 e. The first-order valence-electron chi connectivity index (χ1n) is 5.84. The highest BCUT2D eigenvalue weighted by atomic mass is 16.6. The summed E-state index contributed by atoms with van der Waals surface area (Å²) in [7, 11) is 0. The molecule has 6 nitrogen and oxygen atoms in total. The van der Waals surface area contributed by atoms with E-state index in [-0.39, 0.29) is 6.09 Å². The summed E-state index contributed by atoms with van der Waals surface area (Å²) in [5.74, 6) is 0. The molecular formula is C11H23N3O3. The van der Waals surface area contributed by atoms with E-state index in [1.807, 2.05) is 20.8 Å². The van der Waals surface area contributed by atoms with Crippen LogP contribution in [-0.4, -0.2) is 46.6 Å². The number of rotatable bonds is 1. The lowest BCUT2D eigenvalue weighted by atomic mass is 9.87. The molecule has 1 saturated heterocycles. The average Bonchev–Trinajstić information content (AvgIpc) is 2.15. The number of nitrogens with zero attached hydrogens (tertiary/aromatic N) is 1. The Morgan fingerprint density at radius 2 is 1.88 bits per heavy atom. The van der Waals surface area contributed by atoms with Gasteiger partial charge in [-0.2, -0.15) is 0 Å². The Morgan fingerprint density at radius 3 is 2.24 bits per heavy atom. The Kier molecular flexibility index (Phi) is 4.01. The van der Waals surface area contributed by atoms with Crippen LogP contribution in [0.25, 0.3) is 0 Å². The highest BCUT2D eigenvalue weighted by molar-refractivity contribution is 5.68. The third-order valence-electron chi connectivity index (χ3n) is 2.94. The second-order valence-electron chi connectivity index (χ2n) is 5.65. The van der Waals surface area contributed by atoms with Crippen LogP contribution in [0, 0.1) is 0 Å². The van der Waals surface area contributed by atoms with Crippen LogP contribution >= 0.6 is 0 Å². The minimum atomic E-state index is -1.05. The molecule has 6 heteroatoms. The summed E-state index contributed by atoms with van der Waals surface area (Å²) in [5.41, 5.74) is 10.1. The molecule has 0 spiro atoms. The molecule has 5 N–H and O–H groups in total. The molecule has 17 heavy (non-hydrogen) atoms. The van der Waals surface area contributed by atoms with Crippen molar-refractivity contribution in [3.05, 3.63) is 0 Å². The van der Waals surface area contributed by atoms with Crippen LogP contribution in [0.2, 0.25) is 0 Å². The minimum absolute atomic E-state index is 0.342. The molecule has 1 aliphatic rings. The van der Waals surface area contributed by atoms with E-state index in [1.54, 1.807) is 4.90 Å². The lowest BCUT2D eigenvalue weighted by Gasteiger charge is -2.40. The average molecular weight is 245 g/mol. The van der Waals surface area contributed by atoms with Crippen molar-refractivity contribution in [3.63, 3.8) is 0 Å². The molecule has 1 heterocycles. The summed E-state index contributed by atoms with van der Waals surface area (Å²) in [5, 5.41) is 9.37. The summed E-state index contributed by atoms with van der Waals surface area (Å²) >= 11 is 0. The number of piperidine rings is 1. The van der Waals surface area contributed by atoms with E-state index in [1.165, 1.54) is 0 Å². The quantitative estimate of drug-likeness (QED) is 0.564. The van der Waals surface area contributed by atoms with Gasteiger partial charge in [0.25, 0.3) is 0 Å². The third kappa shape index (κ3) is 3.83. The maximum Gasteiger partial charge on any atom is 0.410 e. The number of nitrogens with two attached hydrogens (primary N) is 2. The number of ether oxygens (including phenoxy) is 1. The van der Waals surface area contributed by atoms with Crippen molar-refractivity contribution in [2.24, 2.45) is 11.5 Å². The second-order valence-corrected chi connectivity index (χ2v) is 5.65. The largest absolute Gasteiger partial charge is 0.444 e. The van der Waals surface area contributed by atoms with Crippen LogP contribution in [0.3, 0.4) is 0 Å². The highest BCUT2D eigenvalue weighted by Gasteiger charge is 2.37. The molecule has 0 radical (unpaired) electrons. The van der Waals surface area contributed by atoms with Gasteiger partial charge in [0, 0.05) is 13.1 Å². The summed E-state index contributed by atoms with van der Waals surface area (Å²) in [6, 6.07) is 0. The molecule has 1 aliphatic heterocycles. The number of aliphatic hydroxyl groups is 1. The van der Waals surface area contributed by atoms with Gasteiger partial charge in [-0.3, -0.25) is 0 Å². The molecule has 0 bridgehead atoms. The van der Waals surface area contributed by atoms with Gasteiger partial charge in [0.1, 0.15) is 11.8 Å². The predicted molar refractivity (Wildman–Crippen MR) is 64.2 cm³/mol. The Bertz CT molecular complexity index is 278. The number of aliphatic hydroxyl groups excluding tert-OH is 1. The molecule has 0 saturated carbocycles. The topological polar surface area (TPSA) is 102 Å². The van der Waals surface area contributed by atoms with E-state index in [2.05, 4.69) is 0 Å².